The fourth-order valence-electron chi connectivity index (χ4n) is 3.04. The van der Waals surface area contributed by atoms with Crippen molar-refractivity contribution >= 4 is 0 Å². The summed E-state index contributed by atoms with van der Waals surface area (Å²) in [6, 6.07) is 4.27. The minimum atomic E-state index is 0.310. The van der Waals surface area contributed by atoms with Gasteiger partial charge >= 0.3 is 0 Å². The second-order valence-corrected chi connectivity index (χ2v) is 5.34. The molecule has 96 valence electrons. The van der Waals surface area contributed by atoms with E-state index in [1.165, 1.54) is 16.7 Å². The molecule has 2 unspecified atom stereocenters. The third-order valence-corrected chi connectivity index (χ3v) is 3.85. The first kappa shape index (κ1) is 11.6. The average Bonchev–Trinajstić information content (AvgIpc) is 2.66. The molecule has 0 N–H and O–H groups in total. The van der Waals surface area contributed by atoms with Gasteiger partial charge in [-0.25, -0.2) is 0 Å². The largest absolute Gasteiger partial charge is 0.493 e. The topological polar surface area (TPSA) is 18.5 Å². The first-order chi connectivity index (χ1) is 8.69. The normalized spacial score (nSPS) is 24.9. The summed E-state index contributed by atoms with van der Waals surface area (Å²) in [5, 5.41) is 0. The lowest BCUT2D eigenvalue weighted by Gasteiger charge is -2.22. The van der Waals surface area contributed by atoms with Crippen LogP contribution in [-0.4, -0.2) is 12.7 Å². The number of hydrogen-bond donors (Lipinski definition) is 0. The number of rotatable bonds is 2. The fourth-order valence-corrected chi connectivity index (χ4v) is 3.04. The van der Waals surface area contributed by atoms with Crippen LogP contribution in [0.15, 0.2) is 23.8 Å². The van der Waals surface area contributed by atoms with Crippen LogP contribution in [0.4, 0.5) is 0 Å². The SMILES string of the molecule is CCOc1cc(C)cc2c1C1C=C(C)CCC1O2. The molecule has 2 atom stereocenters. The van der Waals surface area contributed by atoms with Gasteiger partial charge in [0.1, 0.15) is 17.6 Å². The van der Waals surface area contributed by atoms with E-state index in [1.807, 2.05) is 6.92 Å². The van der Waals surface area contributed by atoms with Gasteiger partial charge in [0, 0.05) is 11.5 Å². The van der Waals surface area contributed by atoms with E-state index in [0.29, 0.717) is 18.6 Å². The molecule has 1 aromatic rings. The van der Waals surface area contributed by atoms with Crippen LogP contribution >= 0.6 is 0 Å². The number of benzene rings is 1. The van der Waals surface area contributed by atoms with E-state index in [1.54, 1.807) is 0 Å². The van der Waals surface area contributed by atoms with Crippen LogP contribution in [0.5, 0.6) is 11.5 Å². The monoisotopic (exact) mass is 244 g/mol. The van der Waals surface area contributed by atoms with Crippen LogP contribution in [0.1, 0.15) is 43.7 Å². The maximum absolute atomic E-state index is 6.10. The number of aryl methyl sites for hydroxylation is 1. The zero-order valence-electron chi connectivity index (χ0n) is 11.3. The number of ether oxygens (including phenoxy) is 2. The highest BCUT2D eigenvalue weighted by atomic mass is 16.5. The van der Waals surface area contributed by atoms with E-state index in [0.717, 1.165) is 24.3 Å². The molecule has 1 aliphatic carbocycles. The predicted molar refractivity (Wildman–Crippen MR) is 72.5 cm³/mol. The lowest BCUT2D eigenvalue weighted by Crippen LogP contribution is -2.21. The van der Waals surface area contributed by atoms with Gasteiger partial charge in [0.25, 0.3) is 0 Å². The molecule has 2 heteroatoms. The van der Waals surface area contributed by atoms with Crippen molar-refractivity contribution in [3.63, 3.8) is 0 Å². The molecule has 1 aromatic carbocycles. The quantitative estimate of drug-likeness (QED) is 0.733. The van der Waals surface area contributed by atoms with Gasteiger partial charge in [-0.3, -0.25) is 0 Å². The van der Waals surface area contributed by atoms with E-state index < -0.39 is 0 Å². The van der Waals surface area contributed by atoms with Crippen LogP contribution in [0.25, 0.3) is 0 Å². The van der Waals surface area contributed by atoms with E-state index in [4.69, 9.17) is 9.47 Å². The van der Waals surface area contributed by atoms with Gasteiger partial charge in [-0.15, -0.1) is 0 Å². The number of fused-ring (bicyclic) bond motifs is 3. The second-order valence-electron chi connectivity index (χ2n) is 5.34. The zero-order chi connectivity index (χ0) is 12.7. The third-order valence-electron chi connectivity index (χ3n) is 3.85. The lowest BCUT2D eigenvalue weighted by atomic mass is 9.84. The molecule has 18 heavy (non-hydrogen) atoms. The average molecular weight is 244 g/mol. The predicted octanol–water partition coefficient (Wildman–Crippen LogP) is 3.98. The zero-order valence-corrected chi connectivity index (χ0v) is 11.3. The van der Waals surface area contributed by atoms with Gasteiger partial charge < -0.3 is 9.47 Å². The molecule has 1 aliphatic heterocycles. The Morgan fingerprint density at radius 1 is 1.33 bits per heavy atom. The molecule has 0 bridgehead atoms. The van der Waals surface area contributed by atoms with Crippen LogP contribution in [0.3, 0.4) is 0 Å². The van der Waals surface area contributed by atoms with Crippen LogP contribution < -0.4 is 9.47 Å². The first-order valence-corrected chi connectivity index (χ1v) is 6.80. The van der Waals surface area contributed by atoms with Crippen molar-refractivity contribution in [2.75, 3.05) is 6.61 Å². The maximum Gasteiger partial charge on any atom is 0.127 e. The summed E-state index contributed by atoms with van der Waals surface area (Å²) in [7, 11) is 0. The van der Waals surface area contributed by atoms with Gasteiger partial charge in [-0.2, -0.15) is 0 Å². The highest BCUT2D eigenvalue weighted by molar-refractivity contribution is 5.55. The Balaban J connectivity index is 2.09. The molecular weight excluding hydrogens is 224 g/mol. The Hall–Kier alpha value is -1.44. The minimum absolute atomic E-state index is 0.310. The summed E-state index contributed by atoms with van der Waals surface area (Å²) < 4.78 is 11.9. The van der Waals surface area contributed by atoms with E-state index in [-0.39, 0.29) is 0 Å². The molecular formula is C16H20O2. The highest BCUT2D eigenvalue weighted by Crippen LogP contribution is 2.48. The van der Waals surface area contributed by atoms with Gasteiger partial charge in [0.2, 0.25) is 0 Å². The summed E-state index contributed by atoms with van der Waals surface area (Å²) in [6.45, 7) is 7.04. The lowest BCUT2D eigenvalue weighted by molar-refractivity contribution is 0.202. The Labute approximate surface area is 109 Å². The molecule has 0 fully saturated rings. The summed E-state index contributed by atoms with van der Waals surface area (Å²) >= 11 is 0. The van der Waals surface area contributed by atoms with Gasteiger partial charge in [-0.1, -0.05) is 11.6 Å². The van der Waals surface area contributed by atoms with Crippen LogP contribution in [0, 0.1) is 6.92 Å². The molecule has 2 aliphatic rings. The van der Waals surface area contributed by atoms with Gasteiger partial charge in [0.05, 0.1) is 6.61 Å². The molecule has 0 saturated carbocycles. The van der Waals surface area contributed by atoms with Crippen molar-refractivity contribution < 1.29 is 9.47 Å². The molecule has 0 saturated heterocycles. The molecule has 0 radical (unpaired) electrons. The molecule has 0 aromatic heterocycles. The molecule has 1 heterocycles. The Bertz CT molecular complexity index is 502. The number of allylic oxidation sites excluding steroid dienone is 1. The Morgan fingerprint density at radius 3 is 2.94 bits per heavy atom. The Morgan fingerprint density at radius 2 is 2.17 bits per heavy atom. The maximum atomic E-state index is 6.10. The minimum Gasteiger partial charge on any atom is -0.493 e. The summed E-state index contributed by atoms with van der Waals surface area (Å²) in [5.74, 6) is 2.42. The second kappa shape index (κ2) is 4.34. The molecule has 0 spiro atoms. The van der Waals surface area contributed by atoms with E-state index in [2.05, 4.69) is 32.1 Å². The van der Waals surface area contributed by atoms with E-state index >= 15 is 0 Å². The standard InChI is InChI=1S/C16H20O2/c1-4-17-14-8-11(3)9-15-16(14)12-7-10(2)5-6-13(12)18-15/h7-9,12-13H,4-6H2,1-3H3. The molecule has 0 amide bonds. The van der Waals surface area contributed by atoms with Crippen molar-refractivity contribution in [2.45, 2.75) is 45.6 Å². The highest BCUT2D eigenvalue weighted by Gasteiger charge is 2.37. The van der Waals surface area contributed by atoms with E-state index in [9.17, 15) is 0 Å². The third kappa shape index (κ3) is 1.80. The summed E-state index contributed by atoms with van der Waals surface area (Å²) in [6.07, 6.45) is 4.94. The summed E-state index contributed by atoms with van der Waals surface area (Å²) in [5.41, 5.74) is 3.93. The first-order valence-electron chi connectivity index (χ1n) is 6.80. The van der Waals surface area contributed by atoms with Gasteiger partial charge in [-0.05, 0) is 51.3 Å². The van der Waals surface area contributed by atoms with Crippen molar-refractivity contribution in [2.24, 2.45) is 0 Å². The molecule has 2 nitrogen and oxygen atoms in total. The van der Waals surface area contributed by atoms with Crippen molar-refractivity contribution in [1.29, 1.82) is 0 Å². The van der Waals surface area contributed by atoms with Crippen molar-refractivity contribution in [3.05, 3.63) is 34.9 Å². The summed E-state index contributed by atoms with van der Waals surface area (Å²) in [4.78, 5) is 0. The fraction of sp³-hybridized carbons (Fsp3) is 0.500. The Kier molecular flexibility index (Phi) is 2.81. The van der Waals surface area contributed by atoms with Crippen LogP contribution in [-0.2, 0) is 0 Å². The van der Waals surface area contributed by atoms with Crippen LogP contribution in [0.2, 0.25) is 0 Å². The van der Waals surface area contributed by atoms with Gasteiger partial charge in [0.15, 0.2) is 0 Å². The smallest absolute Gasteiger partial charge is 0.127 e. The molecule has 3 rings (SSSR count). The van der Waals surface area contributed by atoms with Crippen molar-refractivity contribution in [1.82, 2.24) is 0 Å². The van der Waals surface area contributed by atoms with Crippen molar-refractivity contribution in [3.8, 4) is 11.5 Å². The number of hydrogen-bond acceptors (Lipinski definition) is 2.